The third-order valence-corrected chi connectivity index (χ3v) is 20.2. The van der Waals surface area contributed by atoms with E-state index in [4.69, 9.17) is 4.42 Å². The van der Waals surface area contributed by atoms with Crippen LogP contribution in [0.1, 0.15) is 45.2 Å². The molecule has 0 amide bonds. The highest BCUT2D eigenvalue weighted by Crippen LogP contribution is 2.58. The van der Waals surface area contributed by atoms with Gasteiger partial charge in [0, 0.05) is 22.6 Å². The molecule has 1 heterocycles. The van der Waals surface area contributed by atoms with Crippen LogP contribution in [0.2, 0.25) is 0 Å². The lowest BCUT2D eigenvalue weighted by atomic mass is 9.60. The Bertz CT molecular complexity index is 3850. The third-order valence-electron chi connectivity index (χ3n) is 15.4. The first-order chi connectivity index (χ1) is 34.7. The van der Waals surface area contributed by atoms with Gasteiger partial charge in [0.1, 0.15) is 11.2 Å². The maximum atomic E-state index is 6.49. The Morgan fingerprint density at radius 3 is 1.44 bits per heavy atom. The van der Waals surface area contributed by atoms with E-state index >= 15 is 0 Å². The van der Waals surface area contributed by atoms with Gasteiger partial charge in [-0.3, -0.25) is 0 Å². The molecule has 0 radical (unpaired) electrons. The molecule has 1 nitrogen and oxygen atoms in total. The van der Waals surface area contributed by atoms with Crippen LogP contribution in [0.5, 0.6) is 0 Å². The summed E-state index contributed by atoms with van der Waals surface area (Å²) >= 11 is 0. The van der Waals surface area contributed by atoms with E-state index in [1.807, 2.05) is 6.07 Å². The number of fused-ring (bicyclic) bond motifs is 3. The molecule has 15 rings (SSSR count). The van der Waals surface area contributed by atoms with Crippen molar-refractivity contribution in [3.8, 4) is 44.5 Å². The molecule has 0 N–H and O–H groups in total. The van der Waals surface area contributed by atoms with E-state index < -0.39 is 8.07 Å². The first kappa shape index (κ1) is 40.5. The summed E-state index contributed by atoms with van der Waals surface area (Å²) in [5, 5.41) is 7.84. The fraction of sp³-hybridized carbons (Fsp3) is 0.0294. The first-order valence-corrected chi connectivity index (χ1v) is 26.5. The standard InChI is InChI=1S/C68H46OSi/c1-5-21-45(22-6-1)48-41-49(46-23-7-2-8-24-46)43-52(42-48)70(50-25-9-3-10-26-50,51-27-11-4-12-28-51)64-38-20-36-61-65-58-32-15-16-33-59(58)68(67(61)64)66-57(34-19-35-60(65)66)54-30-14-13-29-53(54)47-39-40-56-55-31-17-18-37-62(55)69-63(56)44-47/h1-44,65,68H. The second-order valence-corrected chi connectivity index (χ2v) is 22.8. The molecule has 0 spiro atoms. The zero-order valence-corrected chi connectivity index (χ0v) is 39.5. The SMILES string of the molecule is c1ccc(-c2cc(-c3ccccc3)cc([Si](c3ccccc3)(c3ccccc3)c3cccc4c3C3c5ccccc5C4c4cccc(-c5ccccc5-c5ccc6c(c5)oc5ccccc56)c43)c2)cc1. The fourth-order valence-corrected chi connectivity index (χ4v) is 17.6. The molecule has 2 heteroatoms. The van der Waals surface area contributed by atoms with Gasteiger partial charge in [-0.25, -0.2) is 0 Å². The summed E-state index contributed by atoms with van der Waals surface area (Å²) in [6, 6.07) is 100. The summed E-state index contributed by atoms with van der Waals surface area (Å²) in [7, 11) is -3.20. The number of benzene rings is 11. The zero-order valence-electron chi connectivity index (χ0n) is 38.5. The minimum absolute atomic E-state index is 0.0188. The summed E-state index contributed by atoms with van der Waals surface area (Å²) in [4.78, 5) is 0. The maximum Gasteiger partial charge on any atom is 0.179 e. The van der Waals surface area contributed by atoms with Crippen molar-refractivity contribution in [3.63, 3.8) is 0 Å². The Morgan fingerprint density at radius 1 is 0.271 bits per heavy atom. The average Bonchev–Trinajstić information content (AvgIpc) is 3.82. The monoisotopic (exact) mass is 906 g/mol. The van der Waals surface area contributed by atoms with Crippen molar-refractivity contribution in [3.05, 3.63) is 300 Å². The maximum absolute atomic E-state index is 6.49. The van der Waals surface area contributed by atoms with Gasteiger partial charge in [-0.2, -0.15) is 0 Å². The van der Waals surface area contributed by atoms with E-state index in [-0.39, 0.29) is 11.8 Å². The lowest BCUT2D eigenvalue weighted by molar-refractivity contribution is 0.669. The van der Waals surface area contributed by atoms with E-state index in [1.54, 1.807) is 0 Å². The van der Waals surface area contributed by atoms with Crippen LogP contribution in [0.3, 0.4) is 0 Å². The predicted octanol–water partition coefficient (Wildman–Crippen LogP) is 14.6. The van der Waals surface area contributed by atoms with Gasteiger partial charge >= 0.3 is 0 Å². The molecule has 2 unspecified atom stereocenters. The molecule has 3 aliphatic rings. The molecule has 11 aromatic carbocycles. The van der Waals surface area contributed by atoms with Gasteiger partial charge in [0.2, 0.25) is 0 Å². The van der Waals surface area contributed by atoms with Crippen LogP contribution in [-0.2, 0) is 0 Å². The van der Waals surface area contributed by atoms with Gasteiger partial charge in [0.15, 0.2) is 8.07 Å². The van der Waals surface area contributed by atoms with Crippen molar-refractivity contribution < 1.29 is 4.42 Å². The van der Waals surface area contributed by atoms with Crippen LogP contribution in [0.4, 0.5) is 0 Å². The van der Waals surface area contributed by atoms with Crippen molar-refractivity contribution >= 4 is 50.8 Å². The predicted molar refractivity (Wildman–Crippen MR) is 294 cm³/mol. The molecule has 1 aromatic heterocycles. The lowest BCUT2D eigenvalue weighted by Gasteiger charge is -2.47. The quantitative estimate of drug-likeness (QED) is 0.109. The second-order valence-electron chi connectivity index (χ2n) is 19.0. The highest BCUT2D eigenvalue weighted by molar-refractivity contribution is 7.20. The number of hydrogen-bond acceptors (Lipinski definition) is 1. The summed E-state index contributed by atoms with van der Waals surface area (Å²) in [5.41, 5.74) is 20.1. The van der Waals surface area contributed by atoms with E-state index in [0.717, 1.165) is 27.5 Å². The highest BCUT2D eigenvalue weighted by atomic mass is 28.3. The van der Waals surface area contributed by atoms with Crippen LogP contribution in [0.25, 0.3) is 66.4 Å². The van der Waals surface area contributed by atoms with Crippen LogP contribution < -0.4 is 20.7 Å². The molecule has 12 aromatic rings. The van der Waals surface area contributed by atoms with Gasteiger partial charge in [0.05, 0.1) is 0 Å². The lowest BCUT2D eigenvalue weighted by Crippen LogP contribution is -2.75. The van der Waals surface area contributed by atoms with Crippen LogP contribution >= 0.6 is 0 Å². The van der Waals surface area contributed by atoms with Gasteiger partial charge in [-0.1, -0.05) is 243 Å². The van der Waals surface area contributed by atoms with Gasteiger partial charge in [-0.05, 0) is 123 Å². The average molecular weight is 907 g/mol. The van der Waals surface area contributed by atoms with E-state index in [0.29, 0.717) is 0 Å². The molecule has 2 atom stereocenters. The molecular formula is C68H46OSi. The Labute approximate surface area is 409 Å². The Kier molecular flexibility index (Phi) is 9.43. The Morgan fingerprint density at radius 2 is 0.771 bits per heavy atom. The minimum Gasteiger partial charge on any atom is -0.456 e. The Hall–Kier alpha value is -8.56. The van der Waals surface area contributed by atoms with E-state index in [9.17, 15) is 0 Å². The molecule has 328 valence electrons. The van der Waals surface area contributed by atoms with Crippen LogP contribution in [0, 0.1) is 0 Å². The van der Waals surface area contributed by atoms with E-state index in [2.05, 4.69) is 261 Å². The van der Waals surface area contributed by atoms with Crippen LogP contribution in [-0.4, -0.2) is 8.07 Å². The summed E-state index contributed by atoms with van der Waals surface area (Å²) in [5.74, 6) is 0.0497. The smallest absolute Gasteiger partial charge is 0.179 e. The molecule has 0 saturated heterocycles. The number of hydrogen-bond donors (Lipinski definition) is 0. The number of furan rings is 1. The van der Waals surface area contributed by atoms with Gasteiger partial charge in [0.25, 0.3) is 0 Å². The summed E-state index contributed by atoms with van der Waals surface area (Å²) in [6.45, 7) is 0. The van der Waals surface area contributed by atoms with Crippen molar-refractivity contribution in [2.75, 3.05) is 0 Å². The van der Waals surface area contributed by atoms with Crippen molar-refractivity contribution in [2.45, 2.75) is 11.8 Å². The first-order valence-electron chi connectivity index (χ1n) is 24.5. The topological polar surface area (TPSA) is 13.1 Å². The minimum atomic E-state index is -3.20. The largest absolute Gasteiger partial charge is 0.456 e. The number of rotatable bonds is 8. The van der Waals surface area contributed by atoms with Gasteiger partial charge < -0.3 is 4.42 Å². The van der Waals surface area contributed by atoms with Crippen LogP contribution in [0.15, 0.2) is 271 Å². The molecule has 3 aliphatic carbocycles. The summed E-state index contributed by atoms with van der Waals surface area (Å²) in [6.07, 6.45) is 0. The van der Waals surface area contributed by atoms with Crippen molar-refractivity contribution in [2.24, 2.45) is 0 Å². The molecule has 0 saturated carbocycles. The Balaban J connectivity index is 1.06. The normalized spacial score (nSPS) is 14.6. The van der Waals surface area contributed by atoms with Gasteiger partial charge in [-0.15, -0.1) is 0 Å². The van der Waals surface area contributed by atoms with E-state index in [1.165, 1.54) is 93.1 Å². The summed E-state index contributed by atoms with van der Waals surface area (Å²) < 4.78 is 6.49. The number of para-hydroxylation sites is 1. The molecule has 0 aliphatic heterocycles. The third kappa shape index (κ3) is 6.17. The second kappa shape index (κ2) is 16.3. The van der Waals surface area contributed by atoms with Crippen molar-refractivity contribution in [1.29, 1.82) is 0 Å². The fourth-order valence-electron chi connectivity index (χ4n) is 12.5. The van der Waals surface area contributed by atoms with Crippen molar-refractivity contribution in [1.82, 2.24) is 0 Å². The highest BCUT2D eigenvalue weighted by Gasteiger charge is 2.50. The molecule has 70 heavy (non-hydrogen) atoms. The molecular weight excluding hydrogens is 861 g/mol. The molecule has 2 bridgehead atoms. The zero-order chi connectivity index (χ0) is 46.2. The molecule has 0 fully saturated rings.